The molecule has 0 aliphatic carbocycles. The topological polar surface area (TPSA) is 22.0 Å². The normalized spacial score (nSPS) is 10.7. The van der Waals surface area contributed by atoms with Crippen LogP contribution in [0.2, 0.25) is 0 Å². The Kier molecular flexibility index (Phi) is 2.49. The highest BCUT2D eigenvalue weighted by molar-refractivity contribution is 5.93. The second-order valence-corrected chi connectivity index (χ2v) is 4.43. The fraction of sp³-hybridized carbons (Fsp3) is 0.0625. The van der Waals surface area contributed by atoms with E-state index in [-0.39, 0.29) is 0 Å². The molecule has 0 saturated carbocycles. The average molecular weight is 235 g/mol. The van der Waals surface area contributed by atoms with E-state index in [1.54, 1.807) is 4.57 Å². The number of rotatable bonds is 2. The predicted octanol–water partition coefficient (Wildman–Crippen LogP) is 3.66. The second kappa shape index (κ2) is 4.15. The summed E-state index contributed by atoms with van der Waals surface area (Å²) in [6, 6.07) is 18.1. The van der Waals surface area contributed by atoms with Crippen LogP contribution in [0.15, 0.2) is 54.6 Å². The molecule has 1 aromatic heterocycles. The van der Waals surface area contributed by atoms with Crippen LogP contribution in [0, 0.1) is 6.92 Å². The number of hydrogen-bond acceptors (Lipinski definition) is 1. The smallest absolute Gasteiger partial charge is 0.218 e. The van der Waals surface area contributed by atoms with Gasteiger partial charge in [0.15, 0.2) is 0 Å². The maximum absolute atomic E-state index is 11.3. The van der Waals surface area contributed by atoms with Gasteiger partial charge in [-0.3, -0.25) is 9.36 Å². The number of benzene rings is 2. The number of nitrogens with zero attached hydrogens (tertiary/aromatic N) is 1. The largest absolute Gasteiger partial charge is 0.282 e. The number of carbonyl (C=O) groups excluding carboxylic acids is 1. The molecule has 18 heavy (non-hydrogen) atoms. The van der Waals surface area contributed by atoms with Crippen molar-refractivity contribution in [2.75, 3.05) is 0 Å². The minimum atomic E-state index is 0.875. The fourth-order valence-corrected chi connectivity index (χ4v) is 2.30. The Balaban J connectivity index is 2.33. The van der Waals surface area contributed by atoms with Gasteiger partial charge in [-0.15, -0.1) is 0 Å². The lowest BCUT2D eigenvalue weighted by Crippen LogP contribution is -1.96. The van der Waals surface area contributed by atoms with Crippen molar-refractivity contribution < 1.29 is 4.79 Å². The average Bonchev–Trinajstić information content (AvgIpc) is 2.77. The number of carbonyl (C=O) groups is 1. The van der Waals surface area contributed by atoms with E-state index in [1.165, 1.54) is 5.56 Å². The highest BCUT2D eigenvalue weighted by Crippen LogP contribution is 2.27. The van der Waals surface area contributed by atoms with Gasteiger partial charge in [0.05, 0.1) is 11.2 Å². The molecular weight excluding hydrogens is 222 g/mol. The predicted molar refractivity (Wildman–Crippen MR) is 74.3 cm³/mol. The minimum absolute atomic E-state index is 0.875. The van der Waals surface area contributed by atoms with Crippen LogP contribution in [-0.4, -0.2) is 11.0 Å². The van der Waals surface area contributed by atoms with Crippen molar-refractivity contribution in [2.24, 2.45) is 0 Å². The van der Waals surface area contributed by atoms with Crippen LogP contribution in [-0.2, 0) is 4.79 Å². The zero-order valence-corrected chi connectivity index (χ0v) is 10.1. The van der Waals surface area contributed by atoms with Crippen molar-refractivity contribution in [3.05, 3.63) is 60.2 Å². The zero-order valence-electron chi connectivity index (χ0n) is 10.1. The van der Waals surface area contributed by atoms with E-state index in [2.05, 4.69) is 19.1 Å². The molecule has 3 rings (SSSR count). The van der Waals surface area contributed by atoms with E-state index in [0.29, 0.717) is 0 Å². The molecule has 2 heteroatoms. The van der Waals surface area contributed by atoms with Crippen molar-refractivity contribution in [1.82, 2.24) is 4.57 Å². The molecule has 88 valence electrons. The van der Waals surface area contributed by atoms with Gasteiger partial charge in [0.1, 0.15) is 0 Å². The number of aromatic nitrogens is 1. The van der Waals surface area contributed by atoms with Crippen LogP contribution < -0.4 is 0 Å². The summed E-state index contributed by atoms with van der Waals surface area (Å²) in [7, 11) is 0. The van der Waals surface area contributed by atoms with Gasteiger partial charge in [0, 0.05) is 5.39 Å². The molecule has 0 spiro atoms. The van der Waals surface area contributed by atoms with E-state index < -0.39 is 0 Å². The molecule has 0 atom stereocenters. The lowest BCUT2D eigenvalue weighted by molar-refractivity contribution is 0.549. The highest BCUT2D eigenvalue weighted by Gasteiger charge is 2.09. The van der Waals surface area contributed by atoms with E-state index in [9.17, 15) is 4.79 Å². The monoisotopic (exact) mass is 235 g/mol. The van der Waals surface area contributed by atoms with Crippen LogP contribution in [0.4, 0.5) is 0 Å². The van der Waals surface area contributed by atoms with Crippen molar-refractivity contribution in [1.29, 1.82) is 0 Å². The summed E-state index contributed by atoms with van der Waals surface area (Å²) in [6.07, 6.45) is 0.875. The number of hydrogen-bond donors (Lipinski definition) is 0. The highest BCUT2D eigenvalue weighted by atomic mass is 16.1. The fourth-order valence-electron chi connectivity index (χ4n) is 2.30. The Morgan fingerprint density at radius 1 is 1.00 bits per heavy atom. The lowest BCUT2D eigenvalue weighted by Gasteiger charge is -2.02. The summed E-state index contributed by atoms with van der Waals surface area (Å²) >= 11 is 0. The van der Waals surface area contributed by atoms with E-state index in [4.69, 9.17) is 0 Å². The van der Waals surface area contributed by atoms with Gasteiger partial charge < -0.3 is 0 Å². The molecule has 1 heterocycles. The van der Waals surface area contributed by atoms with Gasteiger partial charge in [0.2, 0.25) is 6.41 Å². The molecule has 0 bridgehead atoms. The second-order valence-electron chi connectivity index (χ2n) is 4.43. The summed E-state index contributed by atoms with van der Waals surface area (Å²) in [4.78, 5) is 11.3. The molecule has 0 aliphatic rings. The zero-order chi connectivity index (χ0) is 12.5. The van der Waals surface area contributed by atoms with Crippen molar-refractivity contribution >= 4 is 17.3 Å². The molecule has 3 aromatic rings. The van der Waals surface area contributed by atoms with Gasteiger partial charge in [-0.1, -0.05) is 42.0 Å². The van der Waals surface area contributed by atoms with Crippen LogP contribution in [0.25, 0.3) is 22.2 Å². The Labute approximate surface area is 105 Å². The molecule has 0 unspecified atom stereocenters. The Bertz CT molecular complexity index is 711. The molecule has 0 aliphatic heterocycles. The van der Waals surface area contributed by atoms with Gasteiger partial charge in [-0.25, -0.2) is 0 Å². The van der Waals surface area contributed by atoms with E-state index >= 15 is 0 Å². The third kappa shape index (κ3) is 1.63. The summed E-state index contributed by atoms with van der Waals surface area (Å²) in [6.45, 7) is 2.06. The third-order valence-electron chi connectivity index (χ3n) is 3.17. The molecule has 0 N–H and O–H groups in total. The first kappa shape index (κ1) is 10.8. The summed E-state index contributed by atoms with van der Waals surface area (Å²) < 4.78 is 1.70. The summed E-state index contributed by atoms with van der Waals surface area (Å²) in [5, 5.41) is 1.10. The maximum atomic E-state index is 11.3. The van der Waals surface area contributed by atoms with Gasteiger partial charge in [-0.2, -0.15) is 0 Å². The first-order chi connectivity index (χ1) is 8.79. The molecule has 0 saturated heterocycles. The molecule has 0 radical (unpaired) electrons. The van der Waals surface area contributed by atoms with Crippen molar-refractivity contribution in [3.8, 4) is 11.3 Å². The van der Waals surface area contributed by atoms with Crippen LogP contribution in [0.1, 0.15) is 5.56 Å². The van der Waals surface area contributed by atoms with Crippen LogP contribution in [0.3, 0.4) is 0 Å². The van der Waals surface area contributed by atoms with Gasteiger partial charge in [0.25, 0.3) is 0 Å². The van der Waals surface area contributed by atoms with Gasteiger partial charge in [-0.05, 0) is 30.7 Å². The SMILES string of the molecule is Cc1ccc2c(c1)cc(-c1ccccc1)n2C=O. The Hall–Kier alpha value is -2.35. The molecular formula is C16H13NO. The molecule has 2 aromatic carbocycles. The molecule has 2 nitrogen and oxygen atoms in total. The first-order valence-corrected chi connectivity index (χ1v) is 5.92. The first-order valence-electron chi connectivity index (χ1n) is 5.92. The number of fused-ring (bicyclic) bond motifs is 1. The van der Waals surface area contributed by atoms with E-state index in [1.807, 2.05) is 42.5 Å². The van der Waals surface area contributed by atoms with Gasteiger partial charge >= 0.3 is 0 Å². The minimum Gasteiger partial charge on any atom is -0.282 e. The Morgan fingerprint density at radius 3 is 2.50 bits per heavy atom. The molecule has 0 fully saturated rings. The van der Waals surface area contributed by atoms with Crippen LogP contribution >= 0.6 is 0 Å². The number of aryl methyl sites for hydroxylation is 1. The van der Waals surface area contributed by atoms with Crippen molar-refractivity contribution in [2.45, 2.75) is 6.92 Å². The Morgan fingerprint density at radius 2 is 1.78 bits per heavy atom. The third-order valence-corrected chi connectivity index (χ3v) is 3.17. The standard InChI is InChI=1S/C16H13NO/c1-12-7-8-15-14(9-12)10-16(17(15)11-18)13-5-3-2-4-6-13/h2-11H,1H3. The van der Waals surface area contributed by atoms with Crippen LogP contribution in [0.5, 0.6) is 0 Å². The lowest BCUT2D eigenvalue weighted by atomic mass is 10.1. The van der Waals surface area contributed by atoms with E-state index in [0.717, 1.165) is 28.6 Å². The quantitative estimate of drug-likeness (QED) is 0.621. The molecule has 0 amide bonds. The summed E-state index contributed by atoms with van der Waals surface area (Å²) in [5.41, 5.74) is 4.14. The summed E-state index contributed by atoms with van der Waals surface area (Å²) in [5.74, 6) is 0. The maximum Gasteiger partial charge on any atom is 0.218 e. The van der Waals surface area contributed by atoms with Crippen molar-refractivity contribution in [3.63, 3.8) is 0 Å².